The largest absolute Gasteiger partial charge is 0.467 e. The van der Waals surface area contributed by atoms with Crippen molar-refractivity contribution in [2.24, 2.45) is 0 Å². The molecule has 3 aromatic rings. The molecule has 2 fully saturated rings. The Labute approximate surface area is 221 Å². The average Bonchev–Trinajstić information content (AvgIpc) is 3.62. The zero-order valence-electron chi connectivity index (χ0n) is 20.8. The molecule has 2 aromatic carbocycles. The first-order valence-corrected chi connectivity index (χ1v) is 14.2. The number of aliphatic hydroxyl groups excluding tert-OH is 1. The fraction of sp³-hybridized carbons (Fsp3) is 0.357. The molecule has 6 rings (SSSR count). The molecule has 0 unspecified atom stereocenters. The van der Waals surface area contributed by atoms with E-state index < -0.39 is 15.4 Å². The molecule has 1 aliphatic carbocycles. The standard InChI is InChI=1S/C28H29N3O6S/c32-16-22-3-2-14-31(22)38(34,35)23-9-6-19(7-10-23)24-4-1-5-26(29-24)30-27(33)28(12-13-28)21-8-11-25-20(15-21)17-36-18-37-25/h1,4-11,15,22,32H,2-3,12-14,16-18H2,(H,29,30,33)/t22-/m1/s1. The van der Waals surface area contributed by atoms with E-state index in [9.17, 15) is 18.3 Å². The Morgan fingerprint density at radius 2 is 1.95 bits per heavy atom. The second-order valence-corrected chi connectivity index (χ2v) is 11.9. The van der Waals surface area contributed by atoms with Crippen LogP contribution in [0.3, 0.4) is 0 Å². The highest BCUT2D eigenvalue weighted by Gasteiger charge is 2.51. The molecule has 1 saturated heterocycles. The number of fused-ring (bicyclic) bond motifs is 1. The number of amides is 1. The lowest BCUT2D eigenvalue weighted by Crippen LogP contribution is -2.37. The van der Waals surface area contributed by atoms with E-state index in [0.717, 1.165) is 41.7 Å². The maximum Gasteiger partial charge on any atom is 0.243 e. The van der Waals surface area contributed by atoms with Crippen LogP contribution >= 0.6 is 0 Å². The predicted octanol–water partition coefficient (Wildman–Crippen LogP) is 3.43. The summed E-state index contributed by atoms with van der Waals surface area (Å²) in [4.78, 5) is 18.1. The van der Waals surface area contributed by atoms with Crippen LogP contribution in [0.5, 0.6) is 5.75 Å². The van der Waals surface area contributed by atoms with Gasteiger partial charge in [0.05, 0.1) is 29.2 Å². The van der Waals surface area contributed by atoms with Crippen LogP contribution in [-0.2, 0) is 31.6 Å². The molecule has 1 amide bonds. The van der Waals surface area contributed by atoms with Crippen LogP contribution in [0, 0.1) is 0 Å². The van der Waals surface area contributed by atoms with Crippen molar-refractivity contribution in [3.63, 3.8) is 0 Å². The van der Waals surface area contributed by atoms with Crippen molar-refractivity contribution in [2.75, 3.05) is 25.3 Å². The van der Waals surface area contributed by atoms with Crippen molar-refractivity contribution >= 4 is 21.7 Å². The third kappa shape index (κ3) is 4.47. The van der Waals surface area contributed by atoms with Gasteiger partial charge >= 0.3 is 0 Å². The number of nitrogens with zero attached hydrogens (tertiary/aromatic N) is 2. The first kappa shape index (κ1) is 25.0. The average molecular weight is 536 g/mol. The minimum absolute atomic E-state index is 0.106. The van der Waals surface area contributed by atoms with Gasteiger partial charge in [0, 0.05) is 23.7 Å². The van der Waals surface area contributed by atoms with Crippen LogP contribution in [0.1, 0.15) is 36.8 Å². The Balaban J connectivity index is 1.19. The lowest BCUT2D eigenvalue weighted by Gasteiger charge is -2.22. The number of pyridine rings is 1. The number of anilines is 1. The maximum absolute atomic E-state index is 13.3. The van der Waals surface area contributed by atoms with E-state index in [-0.39, 0.29) is 30.2 Å². The number of carbonyl (C=O) groups excluding carboxylic acids is 1. The predicted molar refractivity (Wildman–Crippen MR) is 140 cm³/mol. The molecule has 2 aliphatic heterocycles. The van der Waals surface area contributed by atoms with Crippen LogP contribution in [0.25, 0.3) is 11.3 Å². The number of nitrogens with one attached hydrogen (secondary N) is 1. The summed E-state index contributed by atoms with van der Waals surface area (Å²) in [5.41, 5.74) is 2.64. The molecule has 0 radical (unpaired) electrons. The van der Waals surface area contributed by atoms with Crippen LogP contribution in [0.15, 0.2) is 65.6 Å². The Morgan fingerprint density at radius 3 is 2.71 bits per heavy atom. The quantitative estimate of drug-likeness (QED) is 0.476. The summed E-state index contributed by atoms with van der Waals surface area (Å²) in [6, 6.07) is 17.4. The van der Waals surface area contributed by atoms with Crippen LogP contribution in [0.4, 0.5) is 5.82 Å². The molecule has 9 nitrogen and oxygen atoms in total. The van der Waals surface area contributed by atoms with Gasteiger partial charge in [0.15, 0.2) is 6.79 Å². The number of hydrogen-bond acceptors (Lipinski definition) is 7. The summed E-state index contributed by atoms with van der Waals surface area (Å²) in [5, 5.41) is 12.5. The van der Waals surface area contributed by atoms with Crippen molar-refractivity contribution in [3.8, 4) is 17.0 Å². The van der Waals surface area contributed by atoms with Crippen molar-refractivity contribution in [3.05, 3.63) is 71.8 Å². The van der Waals surface area contributed by atoms with E-state index in [2.05, 4.69) is 10.3 Å². The number of sulfonamides is 1. The van der Waals surface area contributed by atoms with Crippen LogP contribution < -0.4 is 10.1 Å². The topological polar surface area (TPSA) is 118 Å². The molecule has 3 aliphatic rings. The van der Waals surface area contributed by atoms with E-state index in [0.29, 0.717) is 31.1 Å². The highest BCUT2D eigenvalue weighted by Crippen LogP contribution is 2.50. The van der Waals surface area contributed by atoms with E-state index >= 15 is 0 Å². The SMILES string of the molecule is O=C(Nc1cccc(-c2ccc(S(=O)(=O)N3CCC[C@@H]3CO)cc2)n1)C1(c2ccc3c(c2)COCO3)CC1. The zero-order chi connectivity index (χ0) is 26.3. The number of rotatable bonds is 7. The number of aliphatic hydroxyl groups is 1. The molecule has 198 valence electrons. The summed E-state index contributed by atoms with van der Waals surface area (Å²) in [7, 11) is -3.68. The summed E-state index contributed by atoms with van der Waals surface area (Å²) in [6.07, 6.45) is 2.90. The fourth-order valence-electron chi connectivity index (χ4n) is 5.30. The second kappa shape index (κ2) is 9.77. The monoisotopic (exact) mass is 535 g/mol. The second-order valence-electron chi connectivity index (χ2n) is 10.00. The first-order valence-electron chi connectivity index (χ1n) is 12.8. The van der Waals surface area contributed by atoms with Crippen molar-refractivity contribution in [1.29, 1.82) is 0 Å². The van der Waals surface area contributed by atoms with E-state index in [1.54, 1.807) is 30.3 Å². The van der Waals surface area contributed by atoms with E-state index in [1.165, 1.54) is 4.31 Å². The minimum Gasteiger partial charge on any atom is -0.467 e. The number of benzene rings is 2. The Morgan fingerprint density at radius 1 is 1.13 bits per heavy atom. The van der Waals surface area contributed by atoms with Crippen molar-refractivity contribution in [2.45, 2.75) is 48.6 Å². The Kier molecular flexibility index (Phi) is 6.43. The lowest BCUT2D eigenvalue weighted by molar-refractivity contribution is -0.118. The first-order chi connectivity index (χ1) is 18.4. The molecular formula is C28H29N3O6S. The van der Waals surface area contributed by atoms with Crippen LogP contribution in [0.2, 0.25) is 0 Å². The smallest absolute Gasteiger partial charge is 0.243 e. The van der Waals surface area contributed by atoms with E-state index in [4.69, 9.17) is 9.47 Å². The molecule has 1 aromatic heterocycles. The third-order valence-corrected chi connectivity index (χ3v) is 9.60. The number of carbonyl (C=O) groups is 1. The molecule has 10 heteroatoms. The van der Waals surface area contributed by atoms with Gasteiger partial charge in [-0.25, -0.2) is 13.4 Å². The number of aromatic nitrogens is 1. The molecule has 0 bridgehead atoms. The normalized spacial score (nSPS) is 20.4. The molecule has 1 atom stereocenters. The molecule has 3 heterocycles. The van der Waals surface area contributed by atoms with Gasteiger partial charge in [-0.15, -0.1) is 0 Å². The summed E-state index contributed by atoms with van der Waals surface area (Å²) >= 11 is 0. The van der Waals surface area contributed by atoms with Gasteiger partial charge in [-0.2, -0.15) is 4.31 Å². The highest BCUT2D eigenvalue weighted by molar-refractivity contribution is 7.89. The lowest BCUT2D eigenvalue weighted by atomic mass is 9.93. The van der Waals surface area contributed by atoms with Gasteiger partial charge in [0.2, 0.25) is 15.9 Å². The van der Waals surface area contributed by atoms with Gasteiger partial charge in [0.25, 0.3) is 0 Å². The number of ether oxygens (including phenoxy) is 2. The molecule has 1 saturated carbocycles. The molecule has 38 heavy (non-hydrogen) atoms. The van der Waals surface area contributed by atoms with Crippen LogP contribution in [-0.4, -0.2) is 54.7 Å². The zero-order valence-corrected chi connectivity index (χ0v) is 21.6. The van der Waals surface area contributed by atoms with Gasteiger partial charge < -0.3 is 19.9 Å². The minimum atomic E-state index is -3.68. The van der Waals surface area contributed by atoms with Gasteiger partial charge in [-0.05, 0) is 67.6 Å². The van der Waals surface area contributed by atoms with Crippen molar-refractivity contribution < 1.29 is 27.8 Å². The molecule has 2 N–H and O–H groups in total. The van der Waals surface area contributed by atoms with E-state index in [1.807, 2.05) is 30.3 Å². The Hall–Kier alpha value is -3.31. The summed E-state index contributed by atoms with van der Waals surface area (Å²) in [6.45, 7) is 0.926. The molecule has 0 spiro atoms. The Bertz CT molecular complexity index is 1470. The van der Waals surface area contributed by atoms with Gasteiger partial charge in [0.1, 0.15) is 11.6 Å². The van der Waals surface area contributed by atoms with Crippen molar-refractivity contribution in [1.82, 2.24) is 9.29 Å². The summed E-state index contributed by atoms with van der Waals surface area (Å²) < 4.78 is 38.4. The highest BCUT2D eigenvalue weighted by atomic mass is 32.2. The maximum atomic E-state index is 13.3. The fourth-order valence-corrected chi connectivity index (χ4v) is 6.99. The van der Waals surface area contributed by atoms with Gasteiger partial charge in [-0.3, -0.25) is 4.79 Å². The molecular weight excluding hydrogens is 506 g/mol. The third-order valence-electron chi connectivity index (χ3n) is 7.63. The number of hydrogen-bond donors (Lipinski definition) is 2. The summed E-state index contributed by atoms with van der Waals surface area (Å²) in [5.74, 6) is 1.12. The van der Waals surface area contributed by atoms with Gasteiger partial charge in [-0.1, -0.05) is 24.3 Å².